The van der Waals surface area contributed by atoms with Crippen molar-refractivity contribution in [3.63, 3.8) is 0 Å². The summed E-state index contributed by atoms with van der Waals surface area (Å²) in [5.74, 6) is 0. The lowest BCUT2D eigenvalue weighted by atomic mass is 10.1. The van der Waals surface area contributed by atoms with Crippen LogP contribution < -0.4 is 5.73 Å². The SMILES string of the molecule is C=CCN(Cc1ccc(N)cc1)C1CCOCC1. The number of ether oxygens (including phenoxy) is 1. The normalized spacial score (nSPS) is 16.9. The second-order valence-electron chi connectivity index (χ2n) is 4.80. The zero-order valence-corrected chi connectivity index (χ0v) is 10.8. The minimum Gasteiger partial charge on any atom is -0.399 e. The molecule has 98 valence electrons. The zero-order chi connectivity index (χ0) is 12.8. The van der Waals surface area contributed by atoms with E-state index in [1.165, 1.54) is 5.56 Å². The molecule has 1 heterocycles. The van der Waals surface area contributed by atoms with Gasteiger partial charge in [0.2, 0.25) is 0 Å². The first-order valence-electron chi connectivity index (χ1n) is 6.56. The van der Waals surface area contributed by atoms with Crippen molar-refractivity contribution in [2.24, 2.45) is 0 Å². The fourth-order valence-corrected chi connectivity index (χ4v) is 2.42. The average molecular weight is 246 g/mol. The molecule has 0 aromatic heterocycles. The van der Waals surface area contributed by atoms with Crippen LogP contribution in [0, 0.1) is 0 Å². The molecule has 0 unspecified atom stereocenters. The summed E-state index contributed by atoms with van der Waals surface area (Å²) in [6.07, 6.45) is 4.21. The molecular formula is C15H22N2O. The smallest absolute Gasteiger partial charge is 0.0480 e. The van der Waals surface area contributed by atoms with Gasteiger partial charge in [-0.25, -0.2) is 0 Å². The molecule has 0 bridgehead atoms. The van der Waals surface area contributed by atoms with Crippen LogP contribution in [-0.4, -0.2) is 30.7 Å². The summed E-state index contributed by atoms with van der Waals surface area (Å²) in [6.45, 7) is 7.49. The highest BCUT2D eigenvalue weighted by atomic mass is 16.5. The van der Waals surface area contributed by atoms with Gasteiger partial charge < -0.3 is 10.5 Å². The Kier molecular flexibility index (Phi) is 4.79. The molecule has 1 aromatic carbocycles. The molecule has 0 amide bonds. The lowest BCUT2D eigenvalue weighted by Crippen LogP contribution is -2.39. The van der Waals surface area contributed by atoms with Gasteiger partial charge in [0, 0.05) is 38.0 Å². The van der Waals surface area contributed by atoms with Crippen LogP contribution in [0.3, 0.4) is 0 Å². The van der Waals surface area contributed by atoms with Crippen LogP contribution in [0.25, 0.3) is 0 Å². The second-order valence-corrected chi connectivity index (χ2v) is 4.80. The fourth-order valence-electron chi connectivity index (χ4n) is 2.42. The van der Waals surface area contributed by atoms with Crippen LogP contribution >= 0.6 is 0 Å². The third kappa shape index (κ3) is 3.59. The Morgan fingerprint density at radius 3 is 2.56 bits per heavy atom. The van der Waals surface area contributed by atoms with Crippen LogP contribution in [-0.2, 0) is 11.3 Å². The van der Waals surface area contributed by atoms with Gasteiger partial charge in [-0.3, -0.25) is 4.90 Å². The van der Waals surface area contributed by atoms with E-state index in [4.69, 9.17) is 10.5 Å². The zero-order valence-electron chi connectivity index (χ0n) is 10.8. The van der Waals surface area contributed by atoms with E-state index in [1.807, 2.05) is 18.2 Å². The van der Waals surface area contributed by atoms with Crippen LogP contribution in [0.4, 0.5) is 5.69 Å². The molecule has 2 N–H and O–H groups in total. The number of hydrogen-bond acceptors (Lipinski definition) is 3. The number of benzene rings is 1. The molecule has 3 heteroatoms. The van der Waals surface area contributed by atoms with Gasteiger partial charge in [-0.2, -0.15) is 0 Å². The number of nitrogens with two attached hydrogens (primary N) is 1. The van der Waals surface area contributed by atoms with Crippen LogP contribution in [0.2, 0.25) is 0 Å². The Labute approximate surface area is 109 Å². The molecule has 0 radical (unpaired) electrons. The number of nitrogen functional groups attached to an aromatic ring is 1. The maximum atomic E-state index is 5.71. The van der Waals surface area contributed by atoms with E-state index in [0.717, 1.165) is 44.8 Å². The second kappa shape index (κ2) is 6.57. The first-order chi connectivity index (χ1) is 8.79. The predicted molar refractivity (Wildman–Crippen MR) is 75.3 cm³/mol. The molecule has 2 rings (SSSR count). The largest absolute Gasteiger partial charge is 0.399 e. The van der Waals surface area contributed by atoms with Crippen molar-refractivity contribution in [3.05, 3.63) is 42.5 Å². The van der Waals surface area contributed by atoms with Crippen molar-refractivity contribution in [2.45, 2.75) is 25.4 Å². The predicted octanol–water partition coefficient (Wildman–Crippen LogP) is 2.44. The Morgan fingerprint density at radius 2 is 1.94 bits per heavy atom. The number of anilines is 1. The Balaban J connectivity index is 2.00. The standard InChI is InChI=1S/C15H22N2O/c1-2-9-17(15-7-10-18-11-8-15)12-13-3-5-14(16)6-4-13/h2-6,15H,1,7-12,16H2. The maximum Gasteiger partial charge on any atom is 0.0480 e. The van der Waals surface area contributed by atoms with Crippen molar-refractivity contribution in [1.82, 2.24) is 4.90 Å². The van der Waals surface area contributed by atoms with Crippen molar-refractivity contribution >= 4 is 5.69 Å². The van der Waals surface area contributed by atoms with Gasteiger partial charge in [0.15, 0.2) is 0 Å². The van der Waals surface area contributed by atoms with Gasteiger partial charge in [-0.15, -0.1) is 6.58 Å². The highest BCUT2D eigenvalue weighted by molar-refractivity contribution is 5.39. The summed E-state index contributed by atoms with van der Waals surface area (Å²) in [6, 6.07) is 8.74. The molecule has 1 aliphatic heterocycles. The van der Waals surface area contributed by atoms with E-state index in [-0.39, 0.29) is 0 Å². The third-order valence-corrected chi connectivity index (χ3v) is 3.44. The molecule has 3 nitrogen and oxygen atoms in total. The maximum absolute atomic E-state index is 5.71. The number of hydrogen-bond donors (Lipinski definition) is 1. The van der Waals surface area contributed by atoms with Gasteiger partial charge >= 0.3 is 0 Å². The minimum atomic E-state index is 0.606. The average Bonchev–Trinajstić information content (AvgIpc) is 2.42. The minimum absolute atomic E-state index is 0.606. The monoisotopic (exact) mass is 246 g/mol. The van der Waals surface area contributed by atoms with Crippen LogP contribution in [0.5, 0.6) is 0 Å². The summed E-state index contributed by atoms with van der Waals surface area (Å²) in [4.78, 5) is 2.47. The van der Waals surface area contributed by atoms with Gasteiger partial charge in [0.05, 0.1) is 0 Å². The molecule has 18 heavy (non-hydrogen) atoms. The van der Waals surface area contributed by atoms with Gasteiger partial charge in [-0.05, 0) is 30.5 Å². The van der Waals surface area contributed by atoms with Crippen molar-refractivity contribution in [3.8, 4) is 0 Å². The van der Waals surface area contributed by atoms with Crippen LogP contribution in [0.15, 0.2) is 36.9 Å². The molecule has 1 aromatic rings. The molecule has 0 atom stereocenters. The Morgan fingerprint density at radius 1 is 1.28 bits per heavy atom. The highest BCUT2D eigenvalue weighted by Gasteiger charge is 2.20. The Bertz CT molecular complexity index is 369. The van der Waals surface area contributed by atoms with Gasteiger partial charge in [0.1, 0.15) is 0 Å². The van der Waals surface area contributed by atoms with E-state index in [0.29, 0.717) is 6.04 Å². The summed E-state index contributed by atoms with van der Waals surface area (Å²) < 4.78 is 5.42. The lowest BCUT2D eigenvalue weighted by Gasteiger charge is -2.33. The number of nitrogens with zero attached hydrogens (tertiary/aromatic N) is 1. The third-order valence-electron chi connectivity index (χ3n) is 3.44. The molecule has 1 aliphatic rings. The molecule has 0 aliphatic carbocycles. The molecule has 1 saturated heterocycles. The first-order valence-corrected chi connectivity index (χ1v) is 6.56. The topological polar surface area (TPSA) is 38.5 Å². The molecular weight excluding hydrogens is 224 g/mol. The summed E-state index contributed by atoms with van der Waals surface area (Å²) in [7, 11) is 0. The quantitative estimate of drug-likeness (QED) is 0.640. The van der Waals surface area contributed by atoms with Crippen LogP contribution in [0.1, 0.15) is 18.4 Å². The number of rotatable bonds is 5. The first kappa shape index (κ1) is 13.1. The van der Waals surface area contributed by atoms with Gasteiger partial charge in [-0.1, -0.05) is 18.2 Å². The van der Waals surface area contributed by atoms with E-state index in [9.17, 15) is 0 Å². The van der Waals surface area contributed by atoms with E-state index < -0.39 is 0 Å². The van der Waals surface area contributed by atoms with Gasteiger partial charge in [0.25, 0.3) is 0 Å². The Hall–Kier alpha value is -1.32. The van der Waals surface area contributed by atoms with E-state index in [2.05, 4.69) is 23.6 Å². The van der Waals surface area contributed by atoms with Crippen molar-refractivity contribution < 1.29 is 4.74 Å². The molecule has 0 saturated carbocycles. The van der Waals surface area contributed by atoms with Crippen molar-refractivity contribution in [2.75, 3.05) is 25.5 Å². The highest BCUT2D eigenvalue weighted by Crippen LogP contribution is 2.18. The van der Waals surface area contributed by atoms with Crippen molar-refractivity contribution in [1.29, 1.82) is 0 Å². The molecule has 0 spiro atoms. The van der Waals surface area contributed by atoms with E-state index >= 15 is 0 Å². The summed E-state index contributed by atoms with van der Waals surface area (Å²) in [5, 5.41) is 0. The lowest BCUT2D eigenvalue weighted by molar-refractivity contribution is 0.0354. The summed E-state index contributed by atoms with van der Waals surface area (Å²) in [5.41, 5.74) is 7.84. The fraction of sp³-hybridized carbons (Fsp3) is 0.467. The van der Waals surface area contributed by atoms with E-state index in [1.54, 1.807) is 0 Å². The molecule has 1 fully saturated rings. The summed E-state index contributed by atoms with van der Waals surface area (Å²) >= 11 is 0.